The molecule has 1 unspecified atom stereocenters. The minimum atomic E-state index is -0.587. The van der Waals surface area contributed by atoms with E-state index in [4.69, 9.17) is 0 Å². The Kier molecular flexibility index (Phi) is 10.3. The molecular formula is C23H40N4O5. The van der Waals surface area contributed by atoms with Crippen LogP contribution < -0.4 is 10.6 Å². The Morgan fingerprint density at radius 2 is 1.88 bits per heavy atom. The molecule has 32 heavy (non-hydrogen) atoms. The van der Waals surface area contributed by atoms with Gasteiger partial charge in [-0.25, -0.2) is 0 Å². The van der Waals surface area contributed by atoms with E-state index in [-0.39, 0.29) is 48.2 Å². The number of carbonyl (C=O) groups is 4. The van der Waals surface area contributed by atoms with Crippen LogP contribution in [0.5, 0.6) is 0 Å². The Bertz CT molecular complexity index is 714. The quantitative estimate of drug-likeness (QED) is 0.333. The highest BCUT2D eigenvalue weighted by Crippen LogP contribution is 2.24. The van der Waals surface area contributed by atoms with Gasteiger partial charge in [-0.2, -0.15) is 0 Å². The summed E-state index contributed by atoms with van der Waals surface area (Å²) in [4.78, 5) is 52.0. The predicted octanol–water partition coefficient (Wildman–Crippen LogP) is 0.676. The van der Waals surface area contributed by atoms with Crippen LogP contribution in [0.3, 0.4) is 0 Å². The van der Waals surface area contributed by atoms with Crippen LogP contribution in [0.4, 0.5) is 0 Å². The van der Waals surface area contributed by atoms with Gasteiger partial charge < -0.3 is 25.5 Å². The minimum Gasteiger partial charge on any atom is -0.394 e. The van der Waals surface area contributed by atoms with Crippen LogP contribution in [-0.4, -0.2) is 83.9 Å². The van der Waals surface area contributed by atoms with Gasteiger partial charge in [-0.1, -0.05) is 40.7 Å². The number of rotatable bonds is 10. The number of aliphatic hydroxyl groups excluding tert-OH is 1. The maximum Gasteiger partial charge on any atom is 0.249 e. The highest BCUT2D eigenvalue weighted by atomic mass is 16.3. The van der Waals surface area contributed by atoms with Crippen molar-refractivity contribution in [1.82, 2.24) is 20.4 Å². The van der Waals surface area contributed by atoms with Crippen molar-refractivity contribution < 1.29 is 24.3 Å². The third kappa shape index (κ3) is 7.32. The average Bonchev–Trinajstić information content (AvgIpc) is 3.21. The van der Waals surface area contributed by atoms with E-state index in [0.717, 1.165) is 6.42 Å². The molecular weight excluding hydrogens is 412 g/mol. The van der Waals surface area contributed by atoms with Gasteiger partial charge in [0, 0.05) is 19.2 Å². The van der Waals surface area contributed by atoms with Gasteiger partial charge in [0.2, 0.25) is 24.1 Å². The number of nitrogens with zero attached hydrogens (tertiary/aromatic N) is 2. The van der Waals surface area contributed by atoms with E-state index in [1.54, 1.807) is 24.9 Å². The van der Waals surface area contributed by atoms with Crippen LogP contribution >= 0.6 is 0 Å². The summed E-state index contributed by atoms with van der Waals surface area (Å²) < 4.78 is 0. The molecule has 0 spiro atoms. The molecule has 0 saturated carbocycles. The lowest BCUT2D eigenvalue weighted by molar-refractivity contribution is -0.136. The summed E-state index contributed by atoms with van der Waals surface area (Å²) >= 11 is 0. The molecule has 1 saturated heterocycles. The fraction of sp³-hybridized carbons (Fsp3) is 0.739. The molecule has 0 aliphatic carbocycles. The van der Waals surface area contributed by atoms with Crippen molar-refractivity contribution in [3.8, 4) is 0 Å². The summed E-state index contributed by atoms with van der Waals surface area (Å²) in [5.74, 6) is -0.720. The van der Waals surface area contributed by atoms with Crippen molar-refractivity contribution in [3.05, 3.63) is 11.6 Å². The molecule has 0 radical (unpaired) electrons. The number of aliphatic hydroxyl groups is 1. The molecule has 0 aromatic heterocycles. The van der Waals surface area contributed by atoms with Gasteiger partial charge in [0.05, 0.1) is 25.2 Å². The SMILES string of the molecule is CC(=C[C@H](C(C)C)N(C)C(=O)CNC=O)C(=O)N1CCC[C@H]1C(=O)NC(CO)C(C)(C)C. The first-order valence-corrected chi connectivity index (χ1v) is 11.2. The molecule has 1 aliphatic rings. The molecule has 182 valence electrons. The lowest BCUT2D eigenvalue weighted by atomic mass is 9.87. The molecule has 1 heterocycles. The number of hydrogen-bond donors (Lipinski definition) is 3. The second-order valence-corrected chi connectivity index (χ2v) is 9.85. The first-order valence-electron chi connectivity index (χ1n) is 11.2. The Labute approximate surface area is 191 Å². The number of nitrogens with one attached hydrogen (secondary N) is 2. The minimum absolute atomic E-state index is 0.0395. The number of amides is 4. The van der Waals surface area contributed by atoms with E-state index in [9.17, 15) is 24.3 Å². The smallest absolute Gasteiger partial charge is 0.249 e. The van der Waals surface area contributed by atoms with Crippen molar-refractivity contribution in [1.29, 1.82) is 0 Å². The van der Waals surface area contributed by atoms with Gasteiger partial charge in [0.25, 0.3) is 0 Å². The van der Waals surface area contributed by atoms with Crippen LogP contribution in [0.2, 0.25) is 0 Å². The van der Waals surface area contributed by atoms with Crippen molar-refractivity contribution in [2.45, 2.75) is 72.5 Å². The molecule has 0 bridgehead atoms. The Morgan fingerprint density at radius 1 is 1.25 bits per heavy atom. The molecule has 9 nitrogen and oxygen atoms in total. The van der Waals surface area contributed by atoms with E-state index in [1.807, 2.05) is 34.6 Å². The molecule has 1 aliphatic heterocycles. The summed E-state index contributed by atoms with van der Waals surface area (Å²) in [6, 6.07) is -1.33. The van der Waals surface area contributed by atoms with E-state index < -0.39 is 12.1 Å². The van der Waals surface area contributed by atoms with Crippen LogP contribution in [0.15, 0.2) is 11.6 Å². The van der Waals surface area contributed by atoms with Crippen molar-refractivity contribution >= 4 is 24.1 Å². The topological polar surface area (TPSA) is 119 Å². The van der Waals surface area contributed by atoms with Crippen LogP contribution in [-0.2, 0) is 19.2 Å². The average molecular weight is 453 g/mol. The molecule has 4 amide bonds. The number of likely N-dealkylation sites (tertiary alicyclic amines) is 1. The zero-order valence-electron chi connectivity index (χ0n) is 20.5. The molecule has 0 aromatic carbocycles. The molecule has 9 heteroatoms. The molecule has 0 aromatic rings. The van der Waals surface area contributed by atoms with E-state index in [2.05, 4.69) is 10.6 Å². The zero-order valence-corrected chi connectivity index (χ0v) is 20.5. The summed E-state index contributed by atoms with van der Waals surface area (Å²) in [6.07, 6.45) is 3.52. The number of likely N-dealkylation sites (N-methyl/N-ethyl adjacent to an activating group) is 1. The van der Waals surface area contributed by atoms with E-state index >= 15 is 0 Å². The Balaban J connectivity index is 2.99. The van der Waals surface area contributed by atoms with Crippen LogP contribution in [0.1, 0.15) is 54.4 Å². The second-order valence-electron chi connectivity index (χ2n) is 9.85. The number of hydrogen-bond acceptors (Lipinski definition) is 5. The lowest BCUT2D eigenvalue weighted by Crippen LogP contribution is -2.53. The standard InChI is InChI=1S/C23H40N4O5/c1-15(2)18(26(7)20(30)12-24-14-29)11-16(3)22(32)27-10-8-9-17(27)21(31)25-19(13-28)23(4,5)6/h11,14-15,17-19,28H,8-10,12-13H2,1-7H3,(H,24,29)(H,25,31)/t17-,18+,19?/m0/s1. The molecule has 1 fully saturated rings. The summed E-state index contributed by atoms with van der Waals surface area (Å²) in [6.45, 7) is 11.6. The van der Waals surface area contributed by atoms with Crippen molar-refractivity contribution in [2.75, 3.05) is 26.7 Å². The van der Waals surface area contributed by atoms with Crippen molar-refractivity contribution in [3.63, 3.8) is 0 Å². The molecule has 1 rings (SSSR count). The van der Waals surface area contributed by atoms with Gasteiger partial charge in [-0.15, -0.1) is 0 Å². The number of carbonyl (C=O) groups excluding carboxylic acids is 4. The van der Waals surface area contributed by atoms with Gasteiger partial charge in [0.1, 0.15) is 6.04 Å². The Hall–Kier alpha value is -2.42. The first kappa shape index (κ1) is 27.6. The zero-order chi connectivity index (χ0) is 24.6. The first-order chi connectivity index (χ1) is 14.8. The normalized spacial score (nSPS) is 18.8. The maximum atomic E-state index is 13.2. The molecule has 3 atom stereocenters. The fourth-order valence-electron chi connectivity index (χ4n) is 3.81. The van der Waals surface area contributed by atoms with Crippen LogP contribution in [0, 0.1) is 11.3 Å². The Morgan fingerprint density at radius 3 is 2.38 bits per heavy atom. The fourth-order valence-corrected chi connectivity index (χ4v) is 3.81. The third-order valence-corrected chi connectivity index (χ3v) is 5.98. The second kappa shape index (κ2) is 12.0. The molecule has 3 N–H and O–H groups in total. The predicted molar refractivity (Wildman–Crippen MR) is 122 cm³/mol. The summed E-state index contributed by atoms with van der Waals surface area (Å²) in [5, 5.41) is 14.9. The van der Waals surface area contributed by atoms with Gasteiger partial charge >= 0.3 is 0 Å². The van der Waals surface area contributed by atoms with Crippen LogP contribution in [0.25, 0.3) is 0 Å². The monoisotopic (exact) mass is 452 g/mol. The lowest BCUT2D eigenvalue weighted by Gasteiger charge is -2.33. The summed E-state index contributed by atoms with van der Waals surface area (Å²) in [7, 11) is 1.64. The maximum absolute atomic E-state index is 13.2. The van der Waals surface area contributed by atoms with Gasteiger partial charge in [-0.3, -0.25) is 19.2 Å². The van der Waals surface area contributed by atoms with Gasteiger partial charge in [0.15, 0.2) is 0 Å². The van der Waals surface area contributed by atoms with E-state index in [0.29, 0.717) is 24.9 Å². The highest BCUT2D eigenvalue weighted by Gasteiger charge is 2.37. The third-order valence-electron chi connectivity index (χ3n) is 5.98. The van der Waals surface area contributed by atoms with Gasteiger partial charge in [-0.05, 0) is 31.1 Å². The largest absolute Gasteiger partial charge is 0.394 e. The highest BCUT2D eigenvalue weighted by molar-refractivity contribution is 5.97. The summed E-state index contributed by atoms with van der Waals surface area (Å²) in [5.41, 5.74) is 0.148. The van der Waals surface area contributed by atoms with Crippen molar-refractivity contribution in [2.24, 2.45) is 11.3 Å². The van der Waals surface area contributed by atoms with E-state index in [1.165, 1.54) is 4.90 Å².